The summed E-state index contributed by atoms with van der Waals surface area (Å²) < 4.78 is 3.99. The molecule has 0 unspecified atom stereocenters. The maximum Gasteiger partial charge on any atom is 0.328 e. The maximum atomic E-state index is 11.4. The first-order chi connectivity index (χ1) is 17.6. The van der Waals surface area contributed by atoms with Crippen LogP contribution in [0.2, 0.25) is 0 Å². The Kier molecular flexibility index (Phi) is 6.53. The van der Waals surface area contributed by atoms with Gasteiger partial charge in [-0.05, 0) is 57.8 Å². The number of aliphatic carboxylic acids is 1. The summed E-state index contributed by atoms with van der Waals surface area (Å²) in [5, 5.41) is 23.9. The normalized spacial score (nSPS) is 11.4. The highest BCUT2D eigenvalue weighted by atomic mass is 16.4. The molecule has 3 aromatic heterocycles. The standard InChI is InChI=1S/C27H25N7O2/c1-2-8-24-28-27(33-15-6-7-16-33)23(13-14-25(35)36)34(24)18-19-11-12-21(20-9-4-3-5-10-20)22(17-19)26-29-31-32-30-26/h3-7,9-17H,2,8,18H2,1H3,(H,35,36)(H,29,30,31,32)/b14-13+. The van der Waals surface area contributed by atoms with Gasteiger partial charge in [0.2, 0.25) is 0 Å². The topological polar surface area (TPSA) is 115 Å². The summed E-state index contributed by atoms with van der Waals surface area (Å²) in [5.41, 5.74) is 4.70. The van der Waals surface area contributed by atoms with Crippen LogP contribution in [0.15, 0.2) is 79.1 Å². The fourth-order valence-corrected chi connectivity index (χ4v) is 4.28. The van der Waals surface area contributed by atoms with Gasteiger partial charge in [-0.15, -0.1) is 5.10 Å². The lowest BCUT2D eigenvalue weighted by atomic mass is 9.97. The molecule has 0 bridgehead atoms. The Morgan fingerprint density at radius 3 is 2.56 bits per heavy atom. The zero-order chi connectivity index (χ0) is 24.9. The Morgan fingerprint density at radius 2 is 1.86 bits per heavy atom. The number of H-pyrrole nitrogens is 1. The van der Waals surface area contributed by atoms with E-state index in [-0.39, 0.29) is 0 Å². The Bertz CT molecular complexity index is 1480. The van der Waals surface area contributed by atoms with Gasteiger partial charge >= 0.3 is 5.97 Å². The monoisotopic (exact) mass is 479 g/mol. The summed E-state index contributed by atoms with van der Waals surface area (Å²) in [7, 11) is 0. The summed E-state index contributed by atoms with van der Waals surface area (Å²) in [6, 6.07) is 20.1. The minimum atomic E-state index is -1.01. The number of hydrogen-bond acceptors (Lipinski definition) is 5. The van der Waals surface area contributed by atoms with Crippen LogP contribution in [0.3, 0.4) is 0 Å². The second kappa shape index (κ2) is 10.2. The zero-order valence-corrected chi connectivity index (χ0v) is 19.7. The number of aromatic amines is 1. The van der Waals surface area contributed by atoms with Gasteiger partial charge in [0.15, 0.2) is 11.6 Å². The quantitative estimate of drug-likeness (QED) is 0.298. The number of nitrogens with zero attached hydrogens (tertiary/aromatic N) is 6. The highest BCUT2D eigenvalue weighted by Gasteiger charge is 2.18. The fourth-order valence-electron chi connectivity index (χ4n) is 4.28. The van der Waals surface area contributed by atoms with E-state index in [0.29, 0.717) is 18.2 Å². The second-order valence-corrected chi connectivity index (χ2v) is 8.33. The minimum absolute atomic E-state index is 0.506. The third kappa shape index (κ3) is 4.72. The number of hydrogen-bond donors (Lipinski definition) is 2. The van der Waals surface area contributed by atoms with Crippen molar-refractivity contribution in [1.82, 2.24) is 34.7 Å². The molecule has 2 aromatic carbocycles. The van der Waals surface area contributed by atoms with Crippen LogP contribution in [0.25, 0.3) is 34.4 Å². The number of imidazole rings is 1. The molecule has 0 atom stereocenters. The molecular formula is C27H25N7O2. The third-order valence-electron chi connectivity index (χ3n) is 5.88. The predicted octanol–water partition coefficient (Wildman–Crippen LogP) is 4.62. The van der Waals surface area contributed by atoms with Crippen molar-refractivity contribution in [3.05, 3.63) is 96.2 Å². The first-order valence-electron chi connectivity index (χ1n) is 11.7. The van der Waals surface area contributed by atoms with Gasteiger partial charge in [-0.1, -0.05) is 49.4 Å². The number of nitrogens with one attached hydrogen (secondary N) is 1. The van der Waals surface area contributed by atoms with Crippen LogP contribution in [-0.2, 0) is 17.8 Å². The minimum Gasteiger partial charge on any atom is -0.478 e. The van der Waals surface area contributed by atoms with Crippen molar-refractivity contribution in [2.45, 2.75) is 26.3 Å². The highest BCUT2D eigenvalue weighted by Crippen LogP contribution is 2.31. The van der Waals surface area contributed by atoms with Crippen molar-refractivity contribution in [2.24, 2.45) is 0 Å². The zero-order valence-electron chi connectivity index (χ0n) is 19.7. The van der Waals surface area contributed by atoms with Gasteiger partial charge in [0, 0.05) is 37.0 Å². The van der Waals surface area contributed by atoms with E-state index in [2.05, 4.69) is 62.4 Å². The Balaban J connectivity index is 1.63. The van der Waals surface area contributed by atoms with Crippen molar-refractivity contribution >= 4 is 12.0 Å². The molecule has 0 aliphatic heterocycles. The van der Waals surface area contributed by atoms with Crippen molar-refractivity contribution in [3.63, 3.8) is 0 Å². The summed E-state index contributed by atoms with van der Waals surface area (Å²) in [4.78, 5) is 16.3. The highest BCUT2D eigenvalue weighted by molar-refractivity contribution is 5.85. The molecule has 5 rings (SSSR count). The number of benzene rings is 2. The van der Waals surface area contributed by atoms with E-state index in [9.17, 15) is 9.90 Å². The molecule has 0 saturated carbocycles. The Labute approximate surface area is 207 Å². The molecule has 0 spiro atoms. The number of carbonyl (C=O) groups is 1. The number of tetrazole rings is 1. The van der Waals surface area contributed by atoms with Gasteiger partial charge in [0.05, 0.1) is 5.69 Å². The fraction of sp³-hybridized carbons (Fsp3) is 0.148. The van der Waals surface area contributed by atoms with Crippen molar-refractivity contribution in [2.75, 3.05) is 0 Å². The lowest BCUT2D eigenvalue weighted by molar-refractivity contribution is -0.131. The van der Waals surface area contributed by atoms with Crippen LogP contribution in [0.5, 0.6) is 0 Å². The first-order valence-corrected chi connectivity index (χ1v) is 11.7. The SMILES string of the molecule is CCCc1nc(-n2cccc2)c(/C=C/C(=O)O)n1Cc1ccc(-c2ccccc2)c(-c2nnn[nH]2)c1. The molecule has 9 nitrogen and oxygen atoms in total. The van der Waals surface area contributed by atoms with E-state index in [1.807, 2.05) is 47.3 Å². The van der Waals surface area contributed by atoms with Gasteiger partial charge in [0.25, 0.3) is 0 Å². The van der Waals surface area contributed by atoms with E-state index in [0.717, 1.165) is 52.7 Å². The largest absolute Gasteiger partial charge is 0.478 e. The summed E-state index contributed by atoms with van der Waals surface area (Å²) in [5.74, 6) is 1.16. The van der Waals surface area contributed by atoms with Crippen LogP contribution in [0.4, 0.5) is 0 Å². The molecule has 0 radical (unpaired) electrons. The van der Waals surface area contributed by atoms with Gasteiger partial charge in [-0.3, -0.25) is 0 Å². The molecule has 3 heterocycles. The van der Waals surface area contributed by atoms with E-state index in [4.69, 9.17) is 4.98 Å². The number of aryl methyl sites for hydroxylation is 1. The number of carboxylic acid groups (broad SMARTS) is 1. The number of carboxylic acids is 1. The molecule has 9 heteroatoms. The molecule has 0 fully saturated rings. The number of rotatable bonds is 9. The predicted molar refractivity (Wildman–Crippen MR) is 136 cm³/mol. The maximum absolute atomic E-state index is 11.4. The molecule has 5 aromatic rings. The Morgan fingerprint density at radius 1 is 1.06 bits per heavy atom. The Hall–Kier alpha value is -4.79. The molecule has 36 heavy (non-hydrogen) atoms. The van der Waals surface area contributed by atoms with E-state index in [1.165, 1.54) is 0 Å². The van der Waals surface area contributed by atoms with Gasteiger partial charge < -0.3 is 14.2 Å². The molecule has 0 aliphatic rings. The van der Waals surface area contributed by atoms with Crippen LogP contribution in [0, 0.1) is 0 Å². The van der Waals surface area contributed by atoms with Crippen molar-refractivity contribution in [3.8, 4) is 28.3 Å². The van der Waals surface area contributed by atoms with Crippen LogP contribution in [0.1, 0.15) is 30.4 Å². The molecular weight excluding hydrogens is 454 g/mol. The third-order valence-corrected chi connectivity index (χ3v) is 5.88. The summed E-state index contributed by atoms with van der Waals surface area (Å²) >= 11 is 0. The van der Waals surface area contributed by atoms with Gasteiger partial charge in [0.1, 0.15) is 5.82 Å². The second-order valence-electron chi connectivity index (χ2n) is 8.33. The molecule has 2 N–H and O–H groups in total. The van der Waals surface area contributed by atoms with Crippen molar-refractivity contribution in [1.29, 1.82) is 0 Å². The van der Waals surface area contributed by atoms with E-state index < -0.39 is 5.97 Å². The lowest BCUT2D eigenvalue weighted by Gasteiger charge is -2.14. The van der Waals surface area contributed by atoms with Crippen molar-refractivity contribution < 1.29 is 9.90 Å². The van der Waals surface area contributed by atoms with E-state index >= 15 is 0 Å². The van der Waals surface area contributed by atoms with Crippen LogP contribution in [-0.4, -0.2) is 45.8 Å². The molecule has 0 aliphatic carbocycles. The smallest absolute Gasteiger partial charge is 0.328 e. The molecule has 0 amide bonds. The first kappa shape index (κ1) is 23.0. The summed E-state index contributed by atoms with van der Waals surface area (Å²) in [6.45, 7) is 2.61. The van der Waals surface area contributed by atoms with Gasteiger partial charge in [-0.25, -0.2) is 14.9 Å². The average molecular weight is 480 g/mol. The molecule has 0 saturated heterocycles. The van der Waals surface area contributed by atoms with Gasteiger partial charge in [-0.2, -0.15) is 0 Å². The summed E-state index contributed by atoms with van der Waals surface area (Å²) in [6.07, 6.45) is 8.25. The van der Waals surface area contributed by atoms with E-state index in [1.54, 1.807) is 6.08 Å². The lowest BCUT2D eigenvalue weighted by Crippen LogP contribution is -2.08. The number of aromatic nitrogens is 7. The average Bonchev–Trinajstić information content (AvgIpc) is 3.66. The molecule has 180 valence electrons. The van der Waals surface area contributed by atoms with Crippen LogP contribution < -0.4 is 0 Å². The van der Waals surface area contributed by atoms with Crippen LogP contribution >= 0.6 is 0 Å².